The van der Waals surface area contributed by atoms with Crippen LogP contribution in [0.3, 0.4) is 0 Å². The highest BCUT2D eigenvalue weighted by Gasteiger charge is 2.16. The standard InChI is InChI=1S/C11H17FN2O2S/c1-3-4-5-14-17(15,16)9-6-10(12)8(2)11(13)7-9/h6-7,14H,3-5,13H2,1-2H3. The highest BCUT2D eigenvalue weighted by atomic mass is 32.2. The van der Waals surface area contributed by atoms with Crippen molar-refractivity contribution >= 4 is 15.7 Å². The normalized spacial score (nSPS) is 11.7. The van der Waals surface area contributed by atoms with Gasteiger partial charge in [-0.15, -0.1) is 0 Å². The summed E-state index contributed by atoms with van der Waals surface area (Å²) in [6.07, 6.45) is 1.62. The van der Waals surface area contributed by atoms with E-state index >= 15 is 0 Å². The summed E-state index contributed by atoms with van der Waals surface area (Å²) in [6.45, 7) is 3.80. The van der Waals surface area contributed by atoms with Crippen molar-refractivity contribution in [2.45, 2.75) is 31.6 Å². The highest BCUT2D eigenvalue weighted by Crippen LogP contribution is 2.20. The number of hydrogen-bond donors (Lipinski definition) is 2. The maximum Gasteiger partial charge on any atom is 0.240 e. The molecule has 0 spiro atoms. The van der Waals surface area contributed by atoms with Gasteiger partial charge in [0.1, 0.15) is 5.82 Å². The Bertz CT molecular complexity index is 477. The first-order chi connectivity index (χ1) is 7.88. The third-order valence-electron chi connectivity index (χ3n) is 2.49. The second-order valence-electron chi connectivity index (χ2n) is 3.87. The molecular weight excluding hydrogens is 243 g/mol. The summed E-state index contributed by atoms with van der Waals surface area (Å²) in [5.41, 5.74) is 5.94. The Labute approximate surface area is 101 Å². The number of unbranched alkanes of at least 4 members (excludes halogenated alkanes) is 1. The van der Waals surface area contributed by atoms with Crippen molar-refractivity contribution in [2.75, 3.05) is 12.3 Å². The van der Waals surface area contributed by atoms with Gasteiger partial charge >= 0.3 is 0 Å². The Balaban J connectivity index is 2.99. The van der Waals surface area contributed by atoms with Crippen LogP contribution in [0.2, 0.25) is 0 Å². The minimum atomic E-state index is -3.66. The van der Waals surface area contributed by atoms with Gasteiger partial charge in [-0.05, 0) is 25.5 Å². The third kappa shape index (κ3) is 3.41. The van der Waals surface area contributed by atoms with Crippen molar-refractivity contribution in [3.63, 3.8) is 0 Å². The van der Waals surface area contributed by atoms with Gasteiger partial charge in [-0.3, -0.25) is 0 Å². The molecule has 0 saturated carbocycles. The topological polar surface area (TPSA) is 72.2 Å². The number of nitrogen functional groups attached to an aromatic ring is 1. The lowest BCUT2D eigenvalue weighted by Crippen LogP contribution is -2.25. The first-order valence-electron chi connectivity index (χ1n) is 5.43. The van der Waals surface area contributed by atoms with Crippen molar-refractivity contribution in [1.29, 1.82) is 0 Å². The molecule has 1 aromatic rings. The quantitative estimate of drug-likeness (QED) is 0.626. The first kappa shape index (κ1) is 13.9. The van der Waals surface area contributed by atoms with Crippen molar-refractivity contribution in [3.05, 3.63) is 23.5 Å². The van der Waals surface area contributed by atoms with Gasteiger partial charge in [0.05, 0.1) is 4.90 Å². The number of hydrogen-bond acceptors (Lipinski definition) is 3. The van der Waals surface area contributed by atoms with Crippen molar-refractivity contribution in [3.8, 4) is 0 Å². The van der Waals surface area contributed by atoms with Crippen LogP contribution in [0, 0.1) is 12.7 Å². The monoisotopic (exact) mass is 260 g/mol. The van der Waals surface area contributed by atoms with Gasteiger partial charge < -0.3 is 5.73 Å². The van der Waals surface area contributed by atoms with E-state index in [1.807, 2.05) is 6.92 Å². The molecule has 1 aromatic carbocycles. The zero-order valence-electron chi connectivity index (χ0n) is 9.96. The Morgan fingerprint density at radius 1 is 1.41 bits per heavy atom. The van der Waals surface area contributed by atoms with Crippen LogP contribution in [0.25, 0.3) is 0 Å². The molecule has 0 heterocycles. The number of nitrogens with two attached hydrogens (primary N) is 1. The van der Waals surface area contributed by atoms with Gasteiger partial charge in [0.25, 0.3) is 0 Å². The fraction of sp³-hybridized carbons (Fsp3) is 0.455. The van der Waals surface area contributed by atoms with E-state index < -0.39 is 15.8 Å². The summed E-state index contributed by atoms with van der Waals surface area (Å²) in [4.78, 5) is -0.130. The van der Waals surface area contributed by atoms with Crippen molar-refractivity contribution < 1.29 is 12.8 Å². The van der Waals surface area contributed by atoms with Crippen molar-refractivity contribution in [1.82, 2.24) is 4.72 Å². The molecule has 0 fully saturated rings. The molecule has 6 heteroatoms. The van der Waals surface area contributed by atoms with Crippen LogP contribution in [0.1, 0.15) is 25.3 Å². The van der Waals surface area contributed by atoms with E-state index in [-0.39, 0.29) is 16.1 Å². The maximum absolute atomic E-state index is 13.4. The molecule has 0 aliphatic rings. The Hall–Kier alpha value is -1.14. The smallest absolute Gasteiger partial charge is 0.240 e. The third-order valence-corrected chi connectivity index (χ3v) is 3.93. The van der Waals surface area contributed by atoms with Gasteiger partial charge in [-0.2, -0.15) is 0 Å². The summed E-state index contributed by atoms with van der Waals surface area (Å²) in [5.74, 6) is -0.610. The summed E-state index contributed by atoms with van der Waals surface area (Å²) in [5, 5.41) is 0. The second kappa shape index (κ2) is 5.46. The highest BCUT2D eigenvalue weighted by molar-refractivity contribution is 7.89. The molecule has 0 atom stereocenters. The van der Waals surface area contributed by atoms with E-state index in [0.29, 0.717) is 6.54 Å². The van der Waals surface area contributed by atoms with Crippen LogP contribution in [-0.4, -0.2) is 15.0 Å². The Kier molecular flexibility index (Phi) is 4.47. The zero-order valence-corrected chi connectivity index (χ0v) is 10.8. The van der Waals surface area contributed by atoms with Crippen LogP contribution in [0.5, 0.6) is 0 Å². The fourth-order valence-corrected chi connectivity index (χ4v) is 2.42. The predicted octanol–water partition coefficient (Wildman–Crippen LogP) is 1.79. The van der Waals surface area contributed by atoms with E-state index in [4.69, 9.17) is 5.73 Å². The van der Waals surface area contributed by atoms with Crippen LogP contribution in [-0.2, 0) is 10.0 Å². The Morgan fingerprint density at radius 3 is 2.59 bits per heavy atom. The molecule has 0 bridgehead atoms. The fourth-order valence-electron chi connectivity index (χ4n) is 1.30. The number of anilines is 1. The van der Waals surface area contributed by atoms with Crippen LogP contribution >= 0.6 is 0 Å². The van der Waals surface area contributed by atoms with E-state index in [2.05, 4.69) is 4.72 Å². The molecule has 0 aliphatic heterocycles. The van der Waals surface area contributed by atoms with Gasteiger partial charge in [0.15, 0.2) is 0 Å². The SMILES string of the molecule is CCCCNS(=O)(=O)c1cc(N)c(C)c(F)c1. The van der Waals surface area contributed by atoms with E-state index in [0.717, 1.165) is 18.9 Å². The van der Waals surface area contributed by atoms with E-state index in [1.54, 1.807) is 0 Å². The minimum Gasteiger partial charge on any atom is -0.398 e. The molecule has 1 rings (SSSR count). The number of benzene rings is 1. The minimum absolute atomic E-state index is 0.130. The van der Waals surface area contributed by atoms with Gasteiger partial charge in [0.2, 0.25) is 10.0 Å². The van der Waals surface area contributed by atoms with Crippen LogP contribution in [0.15, 0.2) is 17.0 Å². The zero-order chi connectivity index (χ0) is 13.1. The van der Waals surface area contributed by atoms with E-state index in [9.17, 15) is 12.8 Å². The first-order valence-corrected chi connectivity index (χ1v) is 6.92. The number of rotatable bonds is 5. The lowest BCUT2D eigenvalue weighted by atomic mass is 10.2. The van der Waals surface area contributed by atoms with E-state index in [1.165, 1.54) is 13.0 Å². The molecule has 96 valence electrons. The second-order valence-corrected chi connectivity index (χ2v) is 5.64. The molecule has 0 aromatic heterocycles. The lowest BCUT2D eigenvalue weighted by molar-refractivity contribution is 0.574. The lowest BCUT2D eigenvalue weighted by Gasteiger charge is -2.09. The molecule has 3 N–H and O–H groups in total. The molecule has 4 nitrogen and oxygen atoms in total. The summed E-state index contributed by atoms with van der Waals surface area (Å²) in [7, 11) is -3.66. The molecule has 0 amide bonds. The largest absolute Gasteiger partial charge is 0.398 e. The molecule has 17 heavy (non-hydrogen) atoms. The molecule has 0 saturated heterocycles. The summed E-state index contributed by atoms with van der Waals surface area (Å²) in [6, 6.07) is 2.26. The van der Waals surface area contributed by atoms with Crippen molar-refractivity contribution in [2.24, 2.45) is 0 Å². The molecule has 0 unspecified atom stereocenters. The van der Waals surface area contributed by atoms with Gasteiger partial charge in [-0.25, -0.2) is 17.5 Å². The number of nitrogens with one attached hydrogen (secondary N) is 1. The average molecular weight is 260 g/mol. The van der Waals surface area contributed by atoms with Crippen LogP contribution < -0.4 is 10.5 Å². The Morgan fingerprint density at radius 2 is 2.06 bits per heavy atom. The summed E-state index contributed by atoms with van der Waals surface area (Å²) >= 11 is 0. The molecular formula is C11H17FN2O2S. The van der Waals surface area contributed by atoms with Crippen LogP contribution in [0.4, 0.5) is 10.1 Å². The number of sulfonamides is 1. The summed E-state index contributed by atoms with van der Waals surface area (Å²) < 4.78 is 39.4. The molecule has 0 radical (unpaired) electrons. The number of halogens is 1. The molecule has 0 aliphatic carbocycles. The predicted molar refractivity (Wildman–Crippen MR) is 65.6 cm³/mol. The average Bonchev–Trinajstić information content (AvgIpc) is 2.25. The van der Waals surface area contributed by atoms with Gasteiger partial charge in [0, 0.05) is 17.8 Å². The maximum atomic E-state index is 13.4. The van der Waals surface area contributed by atoms with Gasteiger partial charge in [-0.1, -0.05) is 13.3 Å².